The number of halogens is 1. The molecule has 3 rings (SSSR count). The zero-order chi connectivity index (χ0) is 18.7. The number of nitrogens with zero attached hydrogens (tertiary/aromatic N) is 2. The van der Waals surface area contributed by atoms with Gasteiger partial charge in [-0.15, -0.1) is 0 Å². The minimum Gasteiger partial charge on any atom is -0.276 e. The number of nitrogens with one attached hydrogen (secondary N) is 1. The summed E-state index contributed by atoms with van der Waals surface area (Å²) in [6.45, 7) is 2.00. The van der Waals surface area contributed by atoms with Crippen LogP contribution in [0.4, 0.5) is 16.2 Å². The Morgan fingerprint density at radius 2 is 1.81 bits per heavy atom. The highest BCUT2D eigenvalue weighted by Crippen LogP contribution is 2.24. The SMILES string of the molecule is CCc1ccccc1N=C[C@@H]1C(=O)NC(=O)N(c2ccc(Br)cc2)C1=O. The molecule has 1 saturated heterocycles. The fourth-order valence-corrected chi connectivity index (χ4v) is 2.91. The minimum absolute atomic E-state index is 0.385. The van der Waals surface area contributed by atoms with Crippen molar-refractivity contribution >= 4 is 51.4 Å². The van der Waals surface area contributed by atoms with Crippen LogP contribution < -0.4 is 10.2 Å². The molecule has 2 aromatic carbocycles. The Bertz CT molecular complexity index is 893. The topological polar surface area (TPSA) is 78.8 Å². The van der Waals surface area contributed by atoms with Crippen LogP contribution in [0.25, 0.3) is 0 Å². The van der Waals surface area contributed by atoms with Crippen molar-refractivity contribution in [2.24, 2.45) is 10.9 Å². The third kappa shape index (κ3) is 3.57. The predicted molar refractivity (Wildman–Crippen MR) is 103 cm³/mol. The average Bonchev–Trinajstić information content (AvgIpc) is 2.63. The summed E-state index contributed by atoms with van der Waals surface area (Å²) in [5.41, 5.74) is 2.09. The molecule has 0 bridgehead atoms. The second-order valence-electron chi connectivity index (χ2n) is 5.68. The lowest BCUT2D eigenvalue weighted by molar-refractivity contribution is -0.131. The van der Waals surface area contributed by atoms with Crippen molar-refractivity contribution in [2.45, 2.75) is 13.3 Å². The van der Waals surface area contributed by atoms with Crippen molar-refractivity contribution in [1.29, 1.82) is 0 Å². The van der Waals surface area contributed by atoms with Gasteiger partial charge in [-0.1, -0.05) is 41.1 Å². The maximum absolute atomic E-state index is 12.7. The Hall–Kier alpha value is -2.80. The van der Waals surface area contributed by atoms with Crippen molar-refractivity contribution in [1.82, 2.24) is 5.32 Å². The number of aryl methyl sites for hydroxylation is 1. The van der Waals surface area contributed by atoms with Crippen LogP contribution in [0.2, 0.25) is 0 Å². The minimum atomic E-state index is -1.17. The van der Waals surface area contributed by atoms with Crippen molar-refractivity contribution in [3.63, 3.8) is 0 Å². The van der Waals surface area contributed by atoms with E-state index in [-0.39, 0.29) is 0 Å². The van der Waals surface area contributed by atoms with Crippen LogP contribution >= 0.6 is 15.9 Å². The molecule has 7 heteroatoms. The quantitative estimate of drug-likeness (QED) is 0.613. The zero-order valence-corrected chi connectivity index (χ0v) is 15.6. The highest BCUT2D eigenvalue weighted by molar-refractivity contribution is 9.10. The van der Waals surface area contributed by atoms with Crippen LogP contribution in [-0.4, -0.2) is 24.1 Å². The number of para-hydroxylation sites is 1. The summed E-state index contributed by atoms with van der Waals surface area (Å²) in [5, 5.41) is 2.21. The summed E-state index contributed by atoms with van der Waals surface area (Å²) >= 11 is 3.31. The molecule has 0 spiro atoms. The molecule has 4 amide bonds. The average molecular weight is 414 g/mol. The number of rotatable bonds is 4. The van der Waals surface area contributed by atoms with Crippen LogP contribution in [0.15, 0.2) is 58.0 Å². The van der Waals surface area contributed by atoms with Crippen molar-refractivity contribution in [3.8, 4) is 0 Å². The van der Waals surface area contributed by atoms with Crippen molar-refractivity contribution < 1.29 is 14.4 Å². The van der Waals surface area contributed by atoms with Gasteiger partial charge in [0, 0.05) is 10.7 Å². The Morgan fingerprint density at radius 1 is 1.12 bits per heavy atom. The Kier molecular flexibility index (Phi) is 5.27. The molecule has 0 radical (unpaired) electrons. The molecule has 1 atom stereocenters. The predicted octanol–water partition coefficient (Wildman–Crippen LogP) is 3.61. The second-order valence-corrected chi connectivity index (χ2v) is 6.60. The first-order valence-electron chi connectivity index (χ1n) is 8.07. The fraction of sp³-hybridized carbons (Fsp3) is 0.158. The van der Waals surface area contributed by atoms with Gasteiger partial charge in [-0.05, 0) is 42.3 Å². The number of aliphatic imine (C=N–C) groups is 1. The first kappa shape index (κ1) is 18.0. The Balaban J connectivity index is 1.90. The maximum Gasteiger partial charge on any atom is 0.335 e. The lowest BCUT2D eigenvalue weighted by atomic mass is 10.1. The van der Waals surface area contributed by atoms with Gasteiger partial charge < -0.3 is 0 Å². The van der Waals surface area contributed by atoms with Gasteiger partial charge in [0.2, 0.25) is 5.91 Å². The van der Waals surface area contributed by atoms with Crippen LogP contribution in [0, 0.1) is 5.92 Å². The van der Waals surface area contributed by atoms with E-state index < -0.39 is 23.8 Å². The number of amides is 4. The lowest BCUT2D eigenvalue weighted by Crippen LogP contribution is -2.58. The summed E-state index contributed by atoms with van der Waals surface area (Å²) in [5.74, 6) is -2.47. The molecule has 0 saturated carbocycles. The standard InChI is InChI=1S/C19H16BrN3O3/c1-2-12-5-3-4-6-16(12)21-11-15-17(24)22-19(26)23(18(15)25)14-9-7-13(20)8-10-14/h3-11,15H,2H2,1H3,(H,22,24,26)/t15-/m1/s1. The van der Waals surface area contributed by atoms with E-state index in [2.05, 4.69) is 26.2 Å². The van der Waals surface area contributed by atoms with E-state index in [1.807, 2.05) is 31.2 Å². The highest BCUT2D eigenvalue weighted by Gasteiger charge is 2.40. The molecular weight excluding hydrogens is 398 g/mol. The highest BCUT2D eigenvalue weighted by atomic mass is 79.9. The number of hydrogen-bond acceptors (Lipinski definition) is 4. The molecule has 132 valence electrons. The third-order valence-electron chi connectivity index (χ3n) is 4.02. The molecule has 1 heterocycles. The number of imide groups is 2. The number of anilines is 1. The molecule has 26 heavy (non-hydrogen) atoms. The number of hydrogen-bond donors (Lipinski definition) is 1. The third-order valence-corrected chi connectivity index (χ3v) is 4.55. The van der Waals surface area contributed by atoms with Crippen LogP contribution in [0.5, 0.6) is 0 Å². The zero-order valence-electron chi connectivity index (χ0n) is 14.0. The van der Waals surface area contributed by atoms with E-state index in [4.69, 9.17) is 0 Å². The molecule has 1 fully saturated rings. The van der Waals surface area contributed by atoms with Gasteiger partial charge in [-0.25, -0.2) is 9.69 Å². The molecule has 1 aliphatic heterocycles. The molecule has 1 N–H and O–H groups in total. The first-order valence-corrected chi connectivity index (χ1v) is 8.87. The Morgan fingerprint density at radius 3 is 2.50 bits per heavy atom. The monoisotopic (exact) mass is 413 g/mol. The van der Waals surface area contributed by atoms with Crippen LogP contribution in [0.1, 0.15) is 12.5 Å². The number of barbiturate groups is 1. The van der Waals surface area contributed by atoms with Crippen LogP contribution in [0.3, 0.4) is 0 Å². The van der Waals surface area contributed by atoms with Gasteiger partial charge in [0.15, 0.2) is 5.92 Å². The number of urea groups is 1. The van der Waals surface area contributed by atoms with E-state index in [0.717, 1.165) is 21.4 Å². The van der Waals surface area contributed by atoms with E-state index >= 15 is 0 Å². The van der Waals surface area contributed by atoms with E-state index in [9.17, 15) is 14.4 Å². The summed E-state index contributed by atoms with van der Waals surface area (Å²) in [6, 6.07) is 13.4. The van der Waals surface area contributed by atoms with E-state index in [1.165, 1.54) is 6.21 Å². The molecule has 0 aromatic heterocycles. The van der Waals surface area contributed by atoms with Gasteiger partial charge in [0.05, 0.1) is 11.4 Å². The van der Waals surface area contributed by atoms with E-state index in [0.29, 0.717) is 11.4 Å². The number of carbonyl (C=O) groups is 3. The van der Waals surface area contributed by atoms with Gasteiger partial charge in [0.25, 0.3) is 5.91 Å². The van der Waals surface area contributed by atoms with Crippen LogP contribution in [-0.2, 0) is 16.0 Å². The number of carbonyl (C=O) groups excluding carboxylic acids is 3. The summed E-state index contributed by atoms with van der Waals surface area (Å²) in [6.07, 6.45) is 2.08. The fourth-order valence-electron chi connectivity index (χ4n) is 2.65. The molecule has 0 aliphatic carbocycles. The molecular formula is C19H16BrN3O3. The smallest absolute Gasteiger partial charge is 0.276 e. The largest absolute Gasteiger partial charge is 0.335 e. The van der Waals surface area contributed by atoms with E-state index in [1.54, 1.807) is 24.3 Å². The molecule has 6 nitrogen and oxygen atoms in total. The summed E-state index contributed by atoms with van der Waals surface area (Å²) < 4.78 is 0.816. The number of benzene rings is 2. The van der Waals surface area contributed by atoms with Gasteiger partial charge in [0.1, 0.15) is 0 Å². The first-order chi connectivity index (χ1) is 12.5. The van der Waals surface area contributed by atoms with Gasteiger partial charge >= 0.3 is 6.03 Å². The van der Waals surface area contributed by atoms with Gasteiger partial charge in [-0.3, -0.25) is 19.9 Å². The van der Waals surface area contributed by atoms with Gasteiger partial charge in [-0.2, -0.15) is 0 Å². The Labute approximate surface area is 159 Å². The lowest BCUT2D eigenvalue weighted by Gasteiger charge is -2.28. The van der Waals surface area contributed by atoms with Crippen molar-refractivity contribution in [2.75, 3.05) is 4.90 Å². The molecule has 0 unspecified atom stereocenters. The second kappa shape index (κ2) is 7.61. The molecule has 2 aromatic rings. The normalized spacial score (nSPS) is 17.7. The summed E-state index contributed by atoms with van der Waals surface area (Å²) in [4.78, 5) is 42.3. The molecule has 1 aliphatic rings. The maximum atomic E-state index is 12.7. The summed E-state index contributed by atoms with van der Waals surface area (Å²) in [7, 11) is 0. The van der Waals surface area contributed by atoms with Crippen molar-refractivity contribution in [3.05, 3.63) is 58.6 Å².